The van der Waals surface area contributed by atoms with Gasteiger partial charge in [0, 0.05) is 16.6 Å². The largest absolute Gasteiger partial charge is 0.496 e. The first-order valence-electron chi connectivity index (χ1n) is 6.31. The van der Waals surface area contributed by atoms with Crippen molar-refractivity contribution in [2.24, 2.45) is 5.73 Å². The monoisotopic (exact) mass is 339 g/mol. The van der Waals surface area contributed by atoms with E-state index in [1.165, 1.54) is 0 Å². The molecule has 1 atom stereocenters. The van der Waals surface area contributed by atoms with Crippen molar-refractivity contribution in [2.75, 3.05) is 14.2 Å². The third-order valence-corrected chi connectivity index (χ3v) is 3.68. The zero-order chi connectivity index (χ0) is 14.7. The lowest BCUT2D eigenvalue weighted by Gasteiger charge is -2.18. The Morgan fingerprint density at radius 3 is 2.60 bits per heavy atom. The molecule has 1 aromatic heterocycles. The van der Waals surface area contributed by atoms with Crippen LogP contribution in [0.2, 0.25) is 0 Å². The van der Waals surface area contributed by atoms with Gasteiger partial charge in [-0.25, -0.2) is 0 Å². The van der Waals surface area contributed by atoms with Crippen LogP contribution >= 0.6 is 15.9 Å². The molecular formula is C14H18BrN3O2. The Morgan fingerprint density at radius 1 is 1.30 bits per heavy atom. The molecule has 2 rings (SSSR count). The van der Waals surface area contributed by atoms with E-state index in [1.807, 2.05) is 29.8 Å². The second kappa shape index (κ2) is 6.28. The lowest BCUT2D eigenvalue weighted by atomic mass is 10.0. The van der Waals surface area contributed by atoms with Gasteiger partial charge in [0.15, 0.2) is 5.75 Å². The highest BCUT2D eigenvalue weighted by Gasteiger charge is 2.22. The quantitative estimate of drug-likeness (QED) is 0.909. The highest BCUT2D eigenvalue weighted by Crippen LogP contribution is 2.34. The first-order chi connectivity index (χ1) is 9.62. The second-order valence-corrected chi connectivity index (χ2v) is 5.19. The van der Waals surface area contributed by atoms with Gasteiger partial charge < -0.3 is 15.2 Å². The number of hydrogen-bond donors (Lipinski definition) is 1. The molecule has 108 valence electrons. The molecular weight excluding hydrogens is 322 g/mol. The molecule has 0 bridgehead atoms. The number of aromatic nitrogens is 2. The van der Waals surface area contributed by atoms with E-state index in [2.05, 4.69) is 21.0 Å². The summed E-state index contributed by atoms with van der Waals surface area (Å²) >= 11 is 3.43. The predicted octanol–water partition coefficient (Wildman–Crippen LogP) is 2.73. The number of hydrogen-bond acceptors (Lipinski definition) is 4. The van der Waals surface area contributed by atoms with Gasteiger partial charge in [-0.3, -0.25) is 4.68 Å². The van der Waals surface area contributed by atoms with Crippen LogP contribution in [-0.4, -0.2) is 24.0 Å². The summed E-state index contributed by atoms with van der Waals surface area (Å²) in [6.07, 6.45) is 1.68. The number of rotatable bonds is 5. The fourth-order valence-electron chi connectivity index (χ4n) is 2.19. The molecule has 0 saturated carbocycles. The maximum Gasteiger partial charge on any atom is 0.161 e. The summed E-state index contributed by atoms with van der Waals surface area (Å²) in [6.45, 7) is 2.74. The van der Waals surface area contributed by atoms with Gasteiger partial charge >= 0.3 is 0 Å². The number of halogens is 1. The van der Waals surface area contributed by atoms with Crippen molar-refractivity contribution < 1.29 is 9.47 Å². The number of nitrogens with zero attached hydrogens (tertiary/aromatic N) is 2. The standard InChI is InChI=1S/C14H18BrN3O2/c1-4-18-14(12(20-3)8-17-18)13(16)10-6-5-9(15)7-11(10)19-2/h5-8,13H,4,16H2,1-3H3. The van der Waals surface area contributed by atoms with Crippen LogP contribution in [0.3, 0.4) is 0 Å². The maximum atomic E-state index is 6.40. The van der Waals surface area contributed by atoms with Crippen molar-refractivity contribution in [1.82, 2.24) is 9.78 Å². The van der Waals surface area contributed by atoms with Crippen molar-refractivity contribution in [3.8, 4) is 11.5 Å². The molecule has 1 aromatic carbocycles. The number of benzene rings is 1. The first kappa shape index (κ1) is 14.9. The Bertz CT molecular complexity index is 577. The van der Waals surface area contributed by atoms with E-state index in [4.69, 9.17) is 15.2 Å². The van der Waals surface area contributed by atoms with Crippen LogP contribution in [0.15, 0.2) is 28.9 Å². The minimum Gasteiger partial charge on any atom is -0.496 e. The summed E-state index contributed by atoms with van der Waals surface area (Å²) in [7, 11) is 3.25. The van der Waals surface area contributed by atoms with Crippen LogP contribution in [0.1, 0.15) is 24.2 Å². The Labute approximate surface area is 126 Å². The fraction of sp³-hybridized carbons (Fsp3) is 0.357. The highest BCUT2D eigenvalue weighted by molar-refractivity contribution is 9.10. The third-order valence-electron chi connectivity index (χ3n) is 3.19. The predicted molar refractivity (Wildman–Crippen MR) is 81.2 cm³/mol. The minimum atomic E-state index is -0.365. The third kappa shape index (κ3) is 2.66. The summed E-state index contributed by atoms with van der Waals surface area (Å²) in [5, 5.41) is 4.29. The Balaban J connectivity index is 2.50. The lowest BCUT2D eigenvalue weighted by molar-refractivity contribution is 0.396. The van der Waals surface area contributed by atoms with Crippen LogP contribution in [0.4, 0.5) is 0 Å². The Hall–Kier alpha value is -1.53. The average Bonchev–Trinajstić information content (AvgIpc) is 2.89. The van der Waals surface area contributed by atoms with Gasteiger partial charge in [-0.2, -0.15) is 5.10 Å². The van der Waals surface area contributed by atoms with E-state index in [9.17, 15) is 0 Å². The molecule has 0 spiro atoms. The molecule has 0 fully saturated rings. The summed E-state index contributed by atoms with van der Waals surface area (Å²) in [4.78, 5) is 0. The van der Waals surface area contributed by atoms with E-state index in [0.29, 0.717) is 5.75 Å². The smallest absolute Gasteiger partial charge is 0.161 e. The van der Waals surface area contributed by atoms with Crippen molar-refractivity contribution in [3.63, 3.8) is 0 Å². The fourth-order valence-corrected chi connectivity index (χ4v) is 2.53. The molecule has 20 heavy (non-hydrogen) atoms. The molecule has 1 unspecified atom stereocenters. The Kier molecular flexibility index (Phi) is 4.67. The van der Waals surface area contributed by atoms with E-state index in [1.54, 1.807) is 20.4 Å². The number of ether oxygens (including phenoxy) is 2. The molecule has 2 N–H and O–H groups in total. The molecule has 0 amide bonds. The molecule has 0 aliphatic heterocycles. The van der Waals surface area contributed by atoms with Crippen molar-refractivity contribution >= 4 is 15.9 Å². The van der Waals surface area contributed by atoms with Gasteiger partial charge in [-0.05, 0) is 19.1 Å². The summed E-state index contributed by atoms with van der Waals surface area (Å²) < 4.78 is 13.6. The van der Waals surface area contributed by atoms with Crippen molar-refractivity contribution in [3.05, 3.63) is 40.1 Å². The molecule has 0 radical (unpaired) electrons. The van der Waals surface area contributed by atoms with Gasteiger partial charge in [0.25, 0.3) is 0 Å². The topological polar surface area (TPSA) is 62.3 Å². The van der Waals surface area contributed by atoms with Crippen molar-refractivity contribution in [1.29, 1.82) is 0 Å². The van der Waals surface area contributed by atoms with E-state index >= 15 is 0 Å². The maximum absolute atomic E-state index is 6.40. The van der Waals surface area contributed by atoms with Crippen LogP contribution in [-0.2, 0) is 6.54 Å². The van der Waals surface area contributed by atoms with Crippen molar-refractivity contribution in [2.45, 2.75) is 19.5 Å². The van der Waals surface area contributed by atoms with Gasteiger partial charge in [-0.1, -0.05) is 22.0 Å². The van der Waals surface area contributed by atoms with Crippen LogP contribution in [0.5, 0.6) is 11.5 Å². The Morgan fingerprint density at radius 2 is 2.00 bits per heavy atom. The van der Waals surface area contributed by atoms with Crippen LogP contribution in [0.25, 0.3) is 0 Å². The second-order valence-electron chi connectivity index (χ2n) is 4.28. The SMILES string of the molecule is CCn1ncc(OC)c1C(N)c1ccc(Br)cc1OC. The normalized spacial score (nSPS) is 12.2. The van der Waals surface area contributed by atoms with E-state index in [-0.39, 0.29) is 6.04 Å². The molecule has 1 heterocycles. The summed E-state index contributed by atoms with van der Waals surface area (Å²) in [5.74, 6) is 1.42. The lowest BCUT2D eigenvalue weighted by Crippen LogP contribution is -2.18. The number of nitrogens with two attached hydrogens (primary N) is 1. The molecule has 0 saturated heterocycles. The zero-order valence-electron chi connectivity index (χ0n) is 11.8. The average molecular weight is 340 g/mol. The van der Waals surface area contributed by atoms with Gasteiger partial charge in [0.1, 0.15) is 11.4 Å². The van der Waals surface area contributed by atoms with Gasteiger partial charge in [0.05, 0.1) is 26.5 Å². The van der Waals surface area contributed by atoms with Gasteiger partial charge in [0.2, 0.25) is 0 Å². The zero-order valence-corrected chi connectivity index (χ0v) is 13.3. The molecule has 6 heteroatoms. The highest BCUT2D eigenvalue weighted by atomic mass is 79.9. The molecule has 0 aliphatic rings. The number of aryl methyl sites for hydroxylation is 1. The first-order valence-corrected chi connectivity index (χ1v) is 7.10. The summed E-state index contributed by atoms with van der Waals surface area (Å²) in [6, 6.07) is 5.42. The number of methoxy groups -OCH3 is 2. The summed E-state index contributed by atoms with van der Waals surface area (Å²) in [5.41, 5.74) is 8.14. The van der Waals surface area contributed by atoms with E-state index in [0.717, 1.165) is 28.0 Å². The van der Waals surface area contributed by atoms with Crippen LogP contribution < -0.4 is 15.2 Å². The van der Waals surface area contributed by atoms with Gasteiger partial charge in [-0.15, -0.1) is 0 Å². The molecule has 5 nitrogen and oxygen atoms in total. The van der Waals surface area contributed by atoms with E-state index < -0.39 is 0 Å². The molecule has 2 aromatic rings. The minimum absolute atomic E-state index is 0.365. The van der Waals surface area contributed by atoms with Crippen LogP contribution in [0, 0.1) is 0 Å². The molecule has 0 aliphatic carbocycles.